The molecule has 0 fully saturated rings. The third kappa shape index (κ3) is 4.28. The Labute approximate surface area is 315 Å². The molecule has 0 aliphatic carbocycles. The Morgan fingerprint density at radius 2 is 0.980 bits per heavy atom. The van der Waals surface area contributed by atoms with Crippen molar-refractivity contribution in [2.45, 2.75) is 0 Å². The molecule has 1 heteroatoms. The van der Waals surface area contributed by atoms with E-state index in [1.165, 1.54) is 0 Å². The van der Waals surface area contributed by atoms with Crippen molar-refractivity contribution >= 4 is 75.8 Å². The molecular weight excluding hydrogens is 617 g/mol. The highest BCUT2D eigenvalue weighted by Gasteiger charge is 2.21. The Morgan fingerprint density at radius 1 is 0.373 bits per heavy atom. The van der Waals surface area contributed by atoms with E-state index in [1.54, 1.807) is 0 Å². The van der Waals surface area contributed by atoms with Gasteiger partial charge in [0, 0.05) is 10.8 Å². The van der Waals surface area contributed by atoms with Crippen LogP contribution in [0.25, 0.3) is 109 Å². The molecule has 0 bridgehead atoms. The van der Waals surface area contributed by atoms with Crippen LogP contribution in [0, 0.1) is 0 Å². The average Bonchev–Trinajstić information content (AvgIpc) is 3.71. The number of fused-ring (bicyclic) bond motifs is 9. The van der Waals surface area contributed by atoms with Crippen LogP contribution in [0.2, 0.25) is 0 Å². The fourth-order valence-corrected chi connectivity index (χ4v) is 7.45. The van der Waals surface area contributed by atoms with E-state index in [0.717, 1.165) is 26.9 Å². The van der Waals surface area contributed by atoms with Gasteiger partial charge in [-0.2, -0.15) is 0 Å². The standard InChI is InChI=1S/C50H30O/c1-2-13-33-27-37(22-21-31(33)11-1)48-39-17-7-9-19-41(39)49(42-20-10-8-18-40(42)48)44-29-35-15-4-3-14-34(35)28-43(44)36-24-25-46-45(30-36)50-38-16-6-5-12-32(38)23-26-47(50)51-46/h1-30H/i1D,2D,7D,8D,9D,10D,11D,13D,17D,18D,19D,20D,21D,22D,27D. The molecule has 0 aliphatic heterocycles. The first-order chi connectivity index (χ1) is 31.5. The van der Waals surface area contributed by atoms with Gasteiger partial charge < -0.3 is 4.42 Å². The van der Waals surface area contributed by atoms with Gasteiger partial charge >= 0.3 is 0 Å². The second kappa shape index (κ2) is 10.9. The molecule has 0 amide bonds. The van der Waals surface area contributed by atoms with E-state index in [0.29, 0.717) is 33.2 Å². The lowest BCUT2D eigenvalue weighted by Crippen LogP contribution is -1.93. The molecular formula is C50H30O. The normalized spacial score (nSPS) is 16.0. The smallest absolute Gasteiger partial charge is 0.136 e. The molecule has 1 aromatic heterocycles. The van der Waals surface area contributed by atoms with Gasteiger partial charge in [0.05, 0.1) is 20.6 Å². The SMILES string of the molecule is [2H]c1c([2H])c([2H])c2c([2H])c(-c3c4c([2H])c([2H])c([2H])c([2H])c4c(-c4cc5ccccc5cc4-c4ccc5oc6ccc7ccccc7c6c5c4)c4c([2H])c([2H])c([2H])c([2H])c34)c([2H])c([2H])c2c1[2H]. The Balaban J connectivity index is 1.39. The van der Waals surface area contributed by atoms with Crippen LogP contribution < -0.4 is 0 Å². The third-order valence-electron chi connectivity index (χ3n) is 9.70. The Morgan fingerprint density at radius 3 is 1.73 bits per heavy atom. The summed E-state index contributed by atoms with van der Waals surface area (Å²) in [4.78, 5) is 0. The number of hydrogen-bond donors (Lipinski definition) is 0. The molecule has 0 radical (unpaired) electrons. The molecule has 0 unspecified atom stereocenters. The molecule has 0 atom stereocenters. The molecule has 236 valence electrons. The number of rotatable bonds is 3. The maximum Gasteiger partial charge on any atom is 0.136 e. The summed E-state index contributed by atoms with van der Waals surface area (Å²) in [5.74, 6) is 0. The van der Waals surface area contributed by atoms with Crippen molar-refractivity contribution in [1.29, 1.82) is 0 Å². The molecule has 0 aliphatic rings. The average molecular weight is 662 g/mol. The van der Waals surface area contributed by atoms with Gasteiger partial charge in [-0.05, 0) is 124 Å². The minimum Gasteiger partial charge on any atom is -0.456 e. The zero-order chi connectivity index (χ0) is 46.5. The van der Waals surface area contributed by atoms with Gasteiger partial charge in [0.15, 0.2) is 0 Å². The summed E-state index contributed by atoms with van der Waals surface area (Å²) in [6.07, 6.45) is 0. The van der Waals surface area contributed by atoms with Gasteiger partial charge in [-0.3, -0.25) is 0 Å². The van der Waals surface area contributed by atoms with E-state index in [-0.39, 0.29) is 32.7 Å². The zero-order valence-corrected chi connectivity index (χ0v) is 26.6. The fraction of sp³-hybridized carbons (Fsp3) is 0. The summed E-state index contributed by atoms with van der Waals surface area (Å²) >= 11 is 0. The summed E-state index contributed by atoms with van der Waals surface area (Å²) < 4.78 is 143. The molecule has 10 aromatic carbocycles. The van der Waals surface area contributed by atoms with Gasteiger partial charge in [0.2, 0.25) is 0 Å². The minimum atomic E-state index is -0.743. The van der Waals surface area contributed by atoms with E-state index in [9.17, 15) is 8.22 Å². The van der Waals surface area contributed by atoms with Crippen molar-refractivity contribution in [2.75, 3.05) is 0 Å². The first-order valence-corrected chi connectivity index (χ1v) is 16.4. The van der Waals surface area contributed by atoms with Crippen molar-refractivity contribution < 1.29 is 25.0 Å². The van der Waals surface area contributed by atoms with Crippen LogP contribution in [0.3, 0.4) is 0 Å². The van der Waals surface area contributed by atoms with Crippen molar-refractivity contribution in [3.8, 4) is 33.4 Å². The summed E-state index contributed by atoms with van der Waals surface area (Å²) in [7, 11) is 0. The molecule has 0 spiro atoms. The van der Waals surface area contributed by atoms with Gasteiger partial charge in [-0.15, -0.1) is 0 Å². The largest absolute Gasteiger partial charge is 0.456 e. The van der Waals surface area contributed by atoms with Gasteiger partial charge in [-0.1, -0.05) is 145 Å². The van der Waals surface area contributed by atoms with Gasteiger partial charge in [0.1, 0.15) is 11.2 Å². The third-order valence-corrected chi connectivity index (χ3v) is 9.70. The van der Waals surface area contributed by atoms with Crippen LogP contribution in [-0.4, -0.2) is 0 Å². The predicted octanol–water partition coefficient (Wildman–Crippen LogP) is 14.4. The molecule has 11 aromatic rings. The first-order valence-electron chi connectivity index (χ1n) is 23.9. The lowest BCUT2D eigenvalue weighted by Gasteiger charge is -2.20. The lowest BCUT2D eigenvalue weighted by atomic mass is 9.82. The lowest BCUT2D eigenvalue weighted by molar-refractivity contribution is 0.669. The van der Waals surface area contributed by atoms with Crippen LogP contribution in [0.5, 0.6) is 0 Å². The summed E-state index contributed by atoms with van der Waals surface area (Å²) in [5.41, 5.74) is 1.96. The maximum atomic E-state index is 9.63. The van der Waals surface area contributed by atoms with Crippen LogP contribution in [0.4, 0.5) is 0 Å². The van der Waals surface area contributed by atoms with E-state index in [2.05, 4.69) is 0 Å². The highest BCUT2D eigenvalue weighted by molar-refractivity contribution is 6.24. The van der Waals surface area contributed by atoms with E-state index in [1.807, 2.05) is 91.0 Å². The second-order valence-electron chi connectivity index (χ2n) is 12.5. The topological polar surface area (TPSA) is 13.1 Å². The van der Waals surface area contributed by atoms with Crippen LogP contribution in [0.1, 0.15) is 20.6 Å². The van der Waals surface area contributed by atoms with Crippen molar-refractivity contribution in [1.82, 2.24) is 0 Å². The molecule has 51 heavy (non-hydrogen) atoms. The molecule has 1 nitrogen and oxygen atoms in total. The van der Waals surface area contributed by atoms with Gasteiger partial charge in [-0.25, -0.2) is 0 Å². The number of hydrogen-bond acceptors (Lipinski definition) is 1. The predicted molar refractivity (Wildman–Crippen MR) is 218 cm³/mol. The van der Waals surface area contributed by atoms with E-state index in [4.69, 9.17) is 16.8 Å². The molecule has 0 N–H and O–H groups in total. The van der Waals surface area contributed by atoms with Crippen molar-refractivity contribution in [2.24, 2.45) is 0 Å². The molecule has 11 rings (SSSR count). The van der Waals surface area contributed by atoms with Crippen molar-refractivity contribution in [3.63, 3.8) is 0 Å². The summed E-state index contributed by atoms with van der Waals surface area (Å²) in [6.45, 7) is 0. The highest BCUT2D eigenvalue weighted by Crippen LogP contribution is 2.48. The maximum absolute atomic E-state index is 9.63. The monoisotopic (exact) mass is 661 g/mol. The minimum absolute atomic E-state index is 0.0259. The number of benzene rings is 10. The highest BCUT2D eigenvalue weighted by atomic mass is 16.3. The molecule has 0 saturated heterocycles. The Bertz CT molecular complexity index is 3980. The Kier molecular flexibility index (Phi) is 3.70. The van der Waals surface area contributed by atoms with Crippen molar-refractivity contribution in [3.05, 3.63) is 182 Å². The molecule has 0 saturated carbocycles. The van der Waals surface area contributed by atoms with Gasteiger partial charge in [0.25, 0.3) is 0 Å². The zero-order valence-electron chi connectivity index (χ0n) is 41.6. The number of furan rings is 1. The first kappa shape index (κ1) is 17.3. The quantitative estimate of drug-likeness (QED) is 0.172. The van der Waals surface area contributed by atoms with Crippen LogP contribution >= 0.6 is 0 Å². The van der Waals surface area contributed by atoms with E-state index < -0.39 is 107 Å². The van der Waals surface area contributed by atoms with Crippen LogP contribution in [0.15, 0.2) is 186 Å². The molecule has 1 heterocycles. The summed E-state index contributed by atoms with van der Waals surface area (Å²) in [6, 6.07) is 18.6. The fourth-order valence-electron chi connectivity index (χ4n) is 7.45. The van der Waals surface area contributed by atoms with E-state index >= 15 is 0 Å². The second-order valence-corrected chi connectivity index (χ2v) is 12.5. The Hall–Kier alpha value is -6.70. The summed E-state index contributed by atoms with van der Waals surface area (Å²) in [5, 5.41) is 3.30. The van der Waals surface area contributed by atoms with Crippen LogP contribution in [-0.2, 0) is 0 Å².